The third-order valence-electron chi connectivity index (χ3n) is 17.2. The second-order valence-corrected chi connectivity index (χ2v) is 28.3. The van der Waals surface area contributed by atoms with Crippen molar-refractivity contribution in [3.8, 4) is 0 Å². The van der Waals surface area contributed by atoms with Crippen LogP contribution in [-0.2, 0) is 47.9 Å². The minimum atomic E-state index is -3.11. The minimum Gasteiger partial charge on any atom is -0.850 e. The molecule has 15 rings (SSSR count). The molecule has 5 aliphatic rings. The molecule has 0 spiro atoms. The van der Waals surface area contributed by atoms with E-state index < -0.39 is 246 Å². The number of nitrogen functional groups attached to an aromatic ring is 5. The summed E-state index contributed by atoms with van der Waals surface area (Å²) in [7, 11) is 0. The maximum Gasteiger partial charge on any atom is 1.00 e. The minimum absolute atomic E-state index is 0. The van der Waals surface area contributed by atoms with Gasteiger partial charge in [0.1, 0.15) is 58.0 Å². The number of nitrogens with two attached hydrogens (primary N) is 5. The maximum absolute atomic E-state index is 13.2. The molecule has 5 fully saturated rings. The molecule has 636 valence electrons. The summed E-state index contributed by atoms with van der Waals surface area (Å²) in [5.74, 6) is -9.44. The normalized spacial score (nSPS) is 24.4. The Morgan fingerprint density at radius 3 is 0.950 bits per heavy atom. The van der Waals surface area contributed by atoms with Crippen molar-refractivity contribution in [3.63, 3.8) is 0 Å². The van der Waals surface area contributed by atoms with Crippen LogP contribution in [0.5, 0.6) is 0 Å². The molecule has 5 heterocycles. The van der Waals surface area contributed by atoms with Crippen molar-refractivity contribution in [1.82, 2.24) is 47.8 Å². The smallest absolute Gasteiger partial charge is 0.850 e. The van der Waals surface area contributed by atoms with E-state index in [0.717, 1.165) is 12.1 Å². The Morgan fingerprint density at radius 2 is 0.675 bits per heavy atom. The summed E-state index contributed by atoms with van der Waals surface area (Å²) < 4.78 is 209. The number of halogens is 2. The molecule has 36 heteroatoms. The van der Waals surface area contributed by atoms with Gasteiger partial charge in [-0.1, -0.05) is 58.5 Å². The van der Waals surface area contributed by atoms with Crippen LogP contribution in [0.15, 0.2) is 115 Å². The van der Waals surface area contributed by atoms with Crippen LogP contribution < -0.4 is 113 Å². The standard InChI is InChI=1S/5C15H15N3O3.C4H10O.C4H9O.CH4.2ClH.K.H2O/c5*1-8-17-11-4-2-3-10(16)14(11)15(21)18(8)12-6-5-9(19)7-13(12)20;2*1-4(2,3)5;;;;;/h5*2-4,12H,5-7,16H2,1H3;5H,1-3H3;1-3H3;1H4;2*1H;;1H2/q;;;;;;-1;;;;+1;/t2*12-;;;;;;;;;;/m10........../s1/i2*1D3,3D,4D,5D2,12D;1D3,5D2,12D;3D,4D;;5D;;;;;;/hD2. The molecular weight excluding hydrogens is 1620 g/mol. The second kappa shape index (κ2) is 42.7. The number of benzene rings is 5. The van der Waals surface area contributed by atoms with E-state index in [1.165, 1.54) is 33.4 Å². The molecule has 0 amide bonds. The molecule has 5 aliphatic carbocycles. The topological polar surface area (TPSA) is 550 Å². The Hall–Kier alpha value is -10.4. The number of carbonyl (C=O) groups excluding carboxylic acids is 10. The number of nitrogens with zero attached hydrogens (tertiary/aromatic N) is 10. The largest absolute Gasteiger partial charge is 1.00 e. The van der Waals surface area contributed by atoms with Crippen LogP contribution in [0.4, 0.5) is 28.4 Å². The summed E-state index contributed by atoms with van der Waals surface area (Å²) in [5.41, 5.74) is 25.5. The zero-order valence-electron chi connectivity index (χ0n) is 92.4. The monoisotopic (exact) mass is 1740 g/mol. The van der Waals surface area contributed by atoms with Gasteiger partial charge in [-0.15, -0.1) is 30.4 Å². The van der Waals surface area contributed by atoms with Gasteiger partial charge in [0.15, 0.2) is 28.9 Å². The Morgan fingerprint density at radius 1 is 0.425 bits per heavy atom. The van der Waals surface area contributed by atoms with Crippen molar-refractivity contribution in [2.24, 2.45) is 0 Å². The fourth-order valence-electron chi connectivity index (χ4n) is 12.3. The number of hydrogen-bond donors (Lipinski definition) is 6. The molecule has 13 N–H and O–H groups in total. The third kappa shape index (κ3) is 24.2. The van der Waals surface area contributed by atoms with Crippen molar-refractivity contribution in [3.05, 3.63) is 172 Å². The average molecular weight is 1750 g/mol. The fourth-order valence-corrected chi connectivity index (χ4v) is 12.3. The quantitative estimate of drug-likeness (QED) is 0.0793. The van der Waals surface area contributed by atoms with Gasteiger partial charge in [-0.25, -0.2) is 24.9 Å². The Labute approximate surface area is 782 Å². The predicted molar refractivity (Wildman–Crippen MR) is 457 cm³/mol. The predicted octanol–water partition coefficient (Wildman–Crippen LogP) is 4.33. The van der Waals surface area contributed by atoms with Crippen LogP contribution in [0.2, 0.25) is 0 Å². The molecule has 3 unspecified atom stereocenters. The zero-order valence-corrected chi connectivity index (χ0v) is 70.1. The van der Waals surface area contributed by atoms with E-state index in [0.29, 0.717) is 45.6 Å². The first-order valence-electron chi connectivity index (χ1n) is 48.3. The first kappa shape index (κ1) is 66.3. The summed E-state index contributed by atoms with van der Waals surface area (Å²) in [5, 5.41) is 13.4. The molecule has 10 aromatic rings. The summed E-state index contributed by atoms with van der Waals surface area (Å²) in [6.07, 6.45) is -13.2. The first-order chi connectivity index (χ1) is 65.3. The molecule has 5 aromatic carbocycles. The van der Waals surface area contributed by atoms with Crippen LogP contribution in [0, 0.1) is 34.4 Å². The van der Waals surface area contributed by atoms with Crippen LogP contribution in [-0.4, -0.2) is 132 Å². The number of anilines is 5. The van der Waals surface area contributed by atoms with E-state index in [-0.39, 0.29) is 198 Å². The van der Waals surface area contributed by atoms with Gasteiger partial charge in [-0.3, -0.25) is 94.8 Å². The van der Waals surface area contributed by atoms with E-state index >= 15 is 0 Å². The van der Waals surface area contributed by atoms with Gasteiger partial charge in [0, 0.05) is 81.0 Å². The number of Topliss-reactive ketones (excluding diaryl/α,β-unsaturated/α-hetero) is 10. The van der Waals surface area contributed by atoms with Crippen molar-refractivity contribution in [1.29, 1.82) is 4.29 Å². The van der Waals surface area contributed by atoms with Gasteiger partial charge in [-0.2, -0.15) is 0 Å². The molecule has 5 aromatic heterocycles. The molecule has 0 aliphatic heterocycles. The Bertz CT molecular complexity index is 7100. The van der Waals surface area contributed by atoms with Gasteiger partial charge in [0.05, 0.1) is 135 Å². The van der Waals surface area contributed by atoms with Crippen LogP contribution in [0.1, 0.15) is 237 Å². The SMILES string of the molecule is C.CC(C)(C)[O-].Cc1nc2cccc(N)c2c(=O)n1C1CCC(=O)CC1=O.Cl.Cl.[2H]C1([2H])CC([2H])(n2c(C([2H])([2H])[2H])nc3cccc(N)c3c2=O)C(=O)CC1=O.[2H]OC(C)(C)C.[2H]O[2H].[2H]c1cc([2H])c2nc(C([2H])([2H])[2H])n([C@@]3([2H])CC([2H])([2H])C(=O)CC3=O)c(=O)c2c1N.[2H]c1cc([2H])c2nc(C([2H])([2H])[2H])n([C@]3([2H])CC([2H])([2H])C(=O)CC3=O)c(=O)c2c1N.[2H]c1cc([2H])c2nc(C)n(C3CCC(=O)CC3=O)c(=O)c2c1N.[K+]. The number of rotatable bonds is 5. The van der Waals surface area contributed by atoms with E-state index in [2.05, 4.69) is 35.5 Å². The number of aryl methyl sites for hydroxylation is 5. The maximum atomic E-state index is 13.2. The molecule has 5 atom stereocenters. The zero-order chi connectivity index (χ0) is 109. The van der Waals surface area contributed by atoms with E-state index in [1.807, 2.05) is 20.8 Å². The third-order valence-corrected chi connectivity index (χ3v) is 17.2. The Balaban J connectivity index is 0.000000369. The van der Waals surface area contributed by atoms with Crippen LogP contribution in [0.25, 0.3) is 54.5 Å². The fraction of sp³-hybridized carbons (Fsp3) is 0.405. The van der Waals surface area contributed by atoms with Crippen molar-refractivity contribution >= 4 is 166 Å². The molecule has 120 heavy (non-hydrogen) atoms. The van der Waals surface area contributed by atoms with Crippen LogP contribution >= 0.6 is 24.8 Å². The average Bonchev–Trinajstić information content (AvgIpc) is 0.719. The molecule has 5 saturated carbocycles. The van der Waals surface area contributed by atoms with Gasteiger partial charge in [-0.05, 0) is 148 Å². The van der Waals surface area contributed by atoms with Gasteiger partial charge in [0.2, 0.25) is 4.29 Å². The van der Waals surface area contributed by atoms with E-state index in [4.69, 9.17) is 65.9 Å². The van der Waals surface area contributed by atoms with E-state index in [1.54, 1.807) is 52.8 Å². The van der Waals surface area contributed by atoms with E-state index in [9.17, 15) is 77.0 Å². The second-order valence-electron chi connectivity index (χ2n) is 28.3. The first-order valence-corrected chi connectivity index (χ1v) is 35.1. The number of carbonyl (C=O) groups is 10. The number of fused-ring (bicyclic) bond motifs is 5. The molecule has 0 saturated heterocycles. The molecular formula is C84H102Cl2KN15O18. The number of hydrogen-bond acceptors (Lipinski definition) is 27. The van der Waals surface area contributed by atoms with Gasteiger partial charge >= 0.3 is 51.4 Å². The molecule has 33 nitrogen and oxygen atoms in total. The molecule has 0 bridgehead atoms. The van der Waals surface area contributed by atoms with Crippen LogP contribution in [0.3, 0.4) is 0 Å². The summed E-state index contributed by atoms with van der Waals surface area (Å²) in [6.45, 7) is 4.46. The summed E-state index contributed by atoms with van der Waals surface area (Å²) >= 11 is 0. The van der Waals surface area contributed by atoms with Crippen molar-refractivity contribution < 1.29 is 148 Å². The number of aromatic nitrogens is 10. The van der Waals surface area contributed by atoms with Gasteiger partial charge in [0.25, 0.3) is 27.8 Å². The van der Waals surface area contributed by atoms with Gasteiger partial charge < -0.3 is 44.4 Å². The molecule has 0 radical (unpaired) electrons. The summed E-state index contributed by atoms with van der Waals surface area (Å²) in [4.78, 5) is 205. The summed E-state index contributed by atoms with van der Waals surface area (Å²) in [6, 6.07) is 1.04. The van der Waals surface area contributed by atoms with Crippen molar-refractivity contribution in [2.45, 2.75) is 221 Å². The van der Waals surface area contributed by atoms with Crippen molar-refractivity contribution in [2.75, 3.05) is 28.7 Å². The Kier molecular flexibility index (Phi) is 23.6. The number of ketones is 10. The number of aliphatic hydroxyl groups is 1.